The van der Waals surface area contributed by atoms with Crippen LogP contribution in [0.1, 0.15) is 39.5 Å². The van der Waals surface area contributed by atoms with Crippen LogP contribution < -0.4 is 0 Å². The van der Waals surface area contributed by atoms with Crippen molar-refractivity contribution >= 4 is 15.9 Å². The molecule has 0 aliphatic carbocycles. The van der Waals surface area contributed by atoms with Gasteiger partial charge in [-0.05, 0) is 60.0 Å². The summed E-state index contributed by atoms with van der Waals surface area (Å²) < 4.78 is 32.1. The van der Waals surface area contributed by atoms with Crippen molar-refractivity contribution in [3.8, 4) is 11.5 Å². The van der Waals surface area contributed by atoms with Crippen molar-refractivity contribution in [3.05, 3.63) is 125 Å². The van der Waals surface area contributed by atoms with Crippen molar-refractivity contribution in [3.63, 3.8) is 0 Å². The van der Waals surface area contributed by atoms with Crippen LogP contribution in [-0.2, 0) is 15.5 Å². The summed E-state index contributed by atoms with van der Waals surface area (Å²) >= 11 is 0. The number of carbonyl (C=O) groups is 1. The van der Waals surface area contributed by atoms with E-state index in [1.54, 1.807) is 36.4 Å². The number of hydrogen-bond acceptors (Lipinski definition) is 5. The van der Waals surface area contributed by atoms with E-state index in [0.29, 0.717) is 5.56 Å². The molecule has 0 saturated carbocycles. The third kappa shape index (κ3) is 4.44. The minimum atomic E-state index is -4.42. The van der Waals surface area contributed by atoms with Gasteiger partial charge in [-0.25, -0.2) is 0 Å². The molecule has 0 atom stereocenters. The molecule has 4 rings (SSSR count). The summed E-state index contributed by atoms with van der Waals surface area (Å²) in [4.78, 5) is 12.6. The average molecular weight is 475 g/mol. The second-order valence-electron chi connectivity index (χ2n) is 8.13. The van der Waals surface area contributed by atoms with Crippen LogP contribution in [0.2, 0.25) is 0 Å². The molecule has 0 bridgehead atoms. The van der Waals surface area contributed by atoms with Gasteiger partial charge in [-0.3, -0.25) is 9.35 Å². The molecule has 0 aromatic heterocycles. The summed E-state index contributed by atoms with van der Waals surface area (Å²) in [6.07, 6.45) is 0. The highest BCUT2D eigenvalue weighted by atomic mass is 32.2. The van der Waals surface area contributed by atoms with Crippen LogP contribution in [-0.4, -0.2) is 29.0 Å². The standard InChI is InChI=1S/C27H22O6S/c1-27(21-9-13-23(28)14-10-21,22-11-15-24(29)16-12-22)20-7-5-18(6-8-20)26(30)19-3-2-4-25(17-19)34(31,32)33/h2-17,28-29H,1H3,(H,31,32,33). The maximum atomic E-state index is 13.0. The molecule has 7 heteroatoms. The van der Waals surface area contributed by atoms with Crippen LogP contribution in [0.3, 0.4) is 0 Å². The van der Waals surface area contributed by atoms with E-state index < -0.39 is 15.5 Å². The summed E-state index contributed by atoms with van der Waals surface area (Å²) in [5.41, 5.74) is 2.50. The zero-order valence-corrected chi connectivity index (χ0v) is 19.0. The van der Waals surface area contributed by atoms with Gasteiger partial charge in [-0.1, -0.05) is 60.7 Å². The largest absolute Gasteiger partial charge is 0.508 e. The van der Waals surface area contributed by atoms with Crippen molar-refractivity contribution in [1.82, 2.24) is 0 Å². The lowest BCUT2D eigenvalue weighted by molar-refractivity contribution is 0.103. The summed E-state index contributed by atoms with van der Waals surface area (Å²) in [7, 11) is -4.42. The van der Waals surface area contributed by atoms with Gasteiger partial charge in [-0.15, -0.1) is 0 Å². The summed E-state index contributed by atoms with van der Waals surface area (Å²) in [6.45, 7) is 2.01. The van der Waals surface area contributed by atoms with Gasteiger partial charge in [0.1, 0.15) is 11.5 Å². The normalized spacial score (nSPS) is 11.8. The highest BCUT2D eigenvalue weighted by molar-refractivity contribution is 7.85. The lowest BCUT2D eigenvalue weighted by atomic mass is 9.71. The Balaban J connectivity index is 1.76. The third-order valence-electron chi connectivity index (χ3n) is 6.01. The predicted molar refractivity (Wildman–Crippen MR) is 128 cm³/mol. The van der Waals surface area contributed by atoms with Crippen LogP contribution in [0.5, 0.6) is 11.5 Å². The van der Waals surface area contributed by atoms with Gasteiger partial charge in [0.2, 0.25) is 0 Å². The summed E-state index contributed by atoms with van der Waals surface area (Å²) in [5.74, 6) is -0.0947. The van der Waals surface area contributed by atoms with E-state index in [9.17, 15) is 28.0 Å². The first-order valence-corrected chi connectivity index (χ1v) is 11.8. The van der Waals surface area contributed by atoms with Crippen LogP contribution >= 0.6 is 0 Å². The average Bonchev–Trinajstić information content (AvgIpc) is 2.83. The Kier molecular flexibility index (Phi) is 6.00. The van der Waals surface area contributed by atoms with Gasteiger partial charge in [0.05, 0.1) is 4.90 Å². The number of benzene rings is 4. The fourth-order valence-electron chi connectivity index (χ4n) is 4.01. The first-order valence-electron chi connectivity index (χ1n) is 10.4. The quantitative estimate of drug-likeness (QED) is 0.208. The molecule has 172 valence electrons. The molecule has 0 aliphatic heterocycles. The molecular formula is C27H22O6S. The number of carbonyl (C=O) groups excluding carboxylic acids is 1. The smallest absolute Gasteiger partial charge is 0.294 e. The first-order chi connectivity index (χ1) is 16.1. The van der Waals surface area contributed by atoms with Gasteiger partial charge < -0.3 is 10.2 Å². The Hall–Kier alpha value is -3.94. The minimum absolute atomic E-state index is 0.141. The number of phenols is 2. The molecule has 0 aliphatic rings. The molecule has 0 saturated heterocycles. The Labute approximate surface area is 197 Å². The van der Waals surface area contributed by atoms with Crippen LogP contribution in [0.25, 0.3) is 0 Å². The highest BCUT2D eigenvalue weighted by Gasteiger charge is 2.31. The lowest BCUT2D eigenvalue weighted by Crippen LogP contribution is -2.25. The molecule has 4 aromatic carbocycles. The maximum Gasteiger partial charge on any atom is 0.294 e. The van der Waals surface area contributed by atoms with Crippen LogP contribution in [0.4, 0.5) is 0 Å². The topological polar surface area (TPSA) is 112 Å². The second kappa shape index (κ2) is 8.78. The zero-order chi connectivity index (χ0) is 24.5. The monoisotopic (exact) mass is 474 g/mol. The summed E-state index contributed by atoms with van der Waals surface area (Å²) in [5, 5.41) is 19.5. The number of rotatable bonds is 6. The predicted octanol–water partition coefficient (Wildman–Crippen LogP) is 4.93. The van der Waals surface area contributed by atoms with Crippen molar-refractivity contribution in [2.24, 2.45) is 0 Å². The van der Waals surface area contributed by atoms with Gasteiger partial charge in [-0.2, -0.15) is 8.42 Å². The molecule has 0 fully saturated rings. The van der Waals surface area contributed by atoms with Gasteiger partial charge in [0, 0.05) is 16.5 Å². The number of aromatic hydroxyl groups is 2. The number of ketones is 1. The molecule has 6 nitrogen and oxygen atoms in total. The van der Waals surface area contributed by atoms with Crippen molar-refractivity contribution in [2.45, 2.75) is 17.2 Å². The fourth-order valence-corrected chi connectivity index (χ4v) is 4.54. The lowest BCUT2D eigenvalue weighted by Gasteiger charge is -2.32. The van der Waals surface area contributed by atoms with Crippen molar-refractivity contribution in [1.29, 1.82) is 0 Å². The van der Waals surface area contributed by atoms with Crippen molar-refractivity contribution < 1.29 is 28.0 Å². The Morgan fingerprint density at radius 1 is 0.676 bits per heavy atom. The van der Waals surface area contributed by atoms with E-state index in [4.69, 9.17) is 0 Å². The Morgan fingerprint density at radius 3 is 1.56 bits per heavy atom. The Bertz CT molecular complexity index is 1390. The Morgan fingerprint density at radius 2 is 1.12 bits per heavy atom. The molecular weight excluding hydrogens is 452 g/mol. The molecule has 0 radical (unpaired) electrons. The van der Waals surface area contributed by atoms with Gasteiger partial charge >= 0.3 is 0 Å². The van der Waals surface area contributed by atoms with E-state index in [1.165, 1.54) is 18.2 Å². The van der Waals surface area contributed by atoms with E-state index in [2.05, 4.69) is 0 Å². The van der Waals surface area contributed by atoms with Crippen LogP contribution in [0.15, 0.2) is 102 Å². The van der Waals surface area contributed by atoms with Crippen molar-refractivity contribution in [2.75, 3.05) is 0 Å². The highest BCUT2D eigenvalue weighted by Crippen LogP contribution is 2.40. The fraction of sp³-hybridized carbons (Fsp3) is 0.0741. The van der Waals surface area contributed by atoms with Gasteiger partial charge in [0.25, 0.3) is 10.1 Å². The summed E-state index contributed by atoms with van der Waals surface area (Å²) in [6, 6.07) is 25.9. The molecule has 34 heavy (non-hydrogen) atoms. The molecule has 0 unspecified atom stereocenters. The van der Waals surface area contributed by atoms with E-state index in [-0.39, 0.29) is 27.7 Å². The second-order valence-corrected chi connectivity index (χ2v) is 9.55. The first kappa shape index (κ1) is 23.2. The van der Waals surface area contributed by atoms with E-state index in [1.807, 2.05) is 43.3 Å². The SMILES string of the molecule is CC(c1ccc(O)cc1)(c1ccc(O)cc1)c1ccc(C(=O)c2cccc(S(=O)(=O)O)c2)cc1. The molecule has 3 N–H and O–H groups in total. The van der Waals surface area contributed by atoms with E-state index >= 15 is 0 Å². The van der Waals surface area contributed by atoms with Crippen LogP contribution in [0, 0.1) is 0 Å². The third-order valence-corrected chi connectivity index (χ3v) is 6.86. The molecule has 0 spiro atoms. The van der Waals surface area contributed by atoms with E-state index in [0.717, 1.165) is 22.8 Å². The zero-order valence-electron chi connectivity index (χ0n) is 18.2. The molecule has 0 amide bonds. The number of phenolic OH excluding ortho intramolecular Hbond substituents is 2. The van der Waals surface area contributed by atoms with Gasteiger partial charge in [0.15, 0.2) is 5.78 Å². The maximum absolute atomic E-state index is 13.0. The molecule has 4 aromatic rings. The molecule has 0 heterocycles. The minimum Gasteiger partial charge on any atom is -0.508 e. The number of hydrogen-bond donors (Lipinski definition) is 3.